The van der Waals surface area contributed by atoms with Gasteiger partial charge in [-0.2, -0.15) is 0 Å². The number of nitrogens with zero attached hydrogens (tertiary/aromatic N) is 1. The minimum absolute atomic E-state index is 0.0810. The van der Waals surface area contributed by atoms with Crippen LogP contribution in [0.1, 0.15) is 22.8 Å². The molecule has 138 valence electrons. The summed E-state index contributed by atoms with van der Waals surface area (Å²) in [5.74, 6) is 0.565. The first-order chi connectivity index (χ1) is 13.0. The molecule has 2 aromatic carbocycles. The van der Waals surface area contributed by atoms with Crippen LogP contribution in [-0.2, 0) is 4.79 Å². The monoisotopic (exact) mass is 399 g/mol. The fourth-order valence-corrected chi connectivity index (χ4v) is 3.83. The molecule has 1 aliphatic rings. The molecule has 27 heavy (non-hydrogen) atoms. The van der Waals surface area contributed by atoms with Crippen LogP contribution >= 0.6 is 24.0 Å². The summed E-state index contributed by atoms with van der Waals surface area (Å²) >= 11 is 6.49. The first-order valence-electron chi connectivity index (χ1n) is 8.23. The molecular formula is C20H17NO4S2. The molecule has 7 heteroatoms. The number of amides is 1. The highest BCUT2D eigenvalue weighted by molar-refractivity contribution is 8.26. The van der Waals surface area contributed by atoms with Crippen molar-refractivity contribution in [1.29, 1.82) is 0 Å². The van der Waals surface area contributed by atoms with E-state index in [4.69, 9.17) is 21.7 Å². The van der Waals surface area contributed by atoms with Gasteiger partial charge in [-0.25, -0.2) is 4.79 Å². The SMILES string of the molecule is CCN1C(=O)/C(=C/c2ccc(OC(=O)c3ccc(OC)cc3)cc2)SC1=S. The van der Waals surface area contributed by atoms with Crippen LogP contribution in [0.5, 0.6) is 11.5 Å². The van der Waals surface area contributed by atoms with Crippen LogP contribution in [0.4, 0.5) is 0 Å². The fourth-order valence-electron chi connectivity index (χ4n) is 2.45. The van der Waals surface area contributed by atoms with E-state index in [1.165, 1.54) is 11.8 Å². The number of hydrogen-bond donors (Lipinski definition) is 0. The van der Waals surface area contributed by atoms with Crippen LogP contribution in [0, 0.1) is 0 Å². The van der Waals surface area contributed by atoms with E-state index >= 15 is 0 Å². The smallest absolute Gasteiger partial charge is 0.343 e. The third kappa shape index (κ3) is 4.37. The van der Waals surface area contributed by atoms with Crippen molar-refractivity contribution in [2.24, 2.45) is 0 Å². The van der Waals surface area contributed by atoms with E-state index in [0.717, 1.165) is 5.56 Å². The highest BCUT2D eigenvalue weighted by Crippen LogP contribution is 2.32. The summed E-state index contributed by atoms with van der Waals surface area (Å²) in [4.78, 5) is 26.6. The number of benzene rings is 2. The molecule has 2 aromatic rings. The number of carbonyl (C=O) groups excluding carboxylic acids is 2. The Morgan fingerprint density at radius 1 is 1.11 bits per heavy atom. The number of thioether (sulfide) groups is 1. The first kappa shape index (κ1) is 19.1. The lowest BCUT2D eigenvalue weighted by Gasteiger charge is -2.09. The maximum absolute atomic E-state index is 12.2. The average Bonchev–Trinajstić information content (AvgIpc) is 2.96. The molecule has 0 aliphatic carbocycles. The van der Waals surface area contributed by atoms with Crippen LogP contribution < -0.4 is 9.47 Å². The lowest BCUT2D eigenvalue weighted by Crippen LogP contribution is -2.27. The van der Waals surface area contributed by atoms with Crippen molar-refractivity contribution in [1.82, 2.24) is 4.90 Å². The lowest BCUT2D eigenvalue weighted by molar-refractivity contribution is -0.121. The molecule has 5 nitrogen and oxygen atoms in total. The predicted molar refractivity (Wildman–Crippen MR) is 110 cm³/mol. The lowest BCUT2D eigenvalue weighted by atomic mass is 10.2. The number of carbonyl (C=O) groups is 2. The second kappa shape index (κ2) is 8.37. The summed E-state index contributed by atoms with van der Waals surface area (Å²) in [6.07, 6.45) is 1.78. The fraction of sp³-hybridized carbons (Fsp3) is 0.150. The molecule has 1 saturated heterocycles. The zero-order chi connectivity index (χ0) is 19.4. The highest BCUT2D eigenvalue weighted by atomic mass is 32.2. The van der Waals surface area contributed by atoms with E-state index < -0.39 is 5.97 Å². The molecule has 0 aromatic heterocycles. The average molecular weight is 399 g/mol. The Bertz CT molecular complexity index is 905. The number of likely N-dealkylation sites (N-methyl/N-ethyl adjacent to an activating group) is 1. The summed E-state index contributed by atoms with van der Waals surface area (Å²) in [7, 11) is 1.56. The van der Waals surface area contributed by atoms with Crippen molar-refractivity contribution in [2.45, 2.75) is 6.92 Å². The molecular weight excluding hydrogens is 382 g/mol. The molecule has 3 rings (SSSR count). The number of rotatable bonds is 5. The van der Waals surface area contributed by atoms with Crippen LogP contribution in [0.25, 0.3) is 6.08 Å². The van der Waals surface area contributed by atoms with Gasteiger partial charge in [0.25, 0.3) is 5.91 Å². The molecule has 0 atom stereocenters. The first-order valence-corrected chi connectivity index (χ1v) is 9.46. The molecule has 0 N–H and O–H groups in total. The van der Waals surface area contributed by atoms with Crippen molar-refractivity contribution in [3.8, 4) is 11.5 Å². The van der Waals surface area contributed by atoms with Gasteiger partial charge in [0.05, 0.1) is 17.6 Å². The van der Waals surface area contributed by atoms with Crippen molar-refractivity contribution < 1.29 is 19.1 Å². The van der Waals surface area contributed by atoms with Crippen molar-refractivity contribution in [2.75, 3.05) is 13.7 Å². The number of hydrogen-bond acceptors (Lipinski definition) is 6. The number of ether oxygens (including phenoxy) is 2. The number of esters is 1. The summed E-state index contributed by atoms with van der Waals surface area (Å²) in [6, 6.07) is 13.6. The van der Waals surface area contributed by atoms with Crippen LogP contribution in [0.15, 0.2) is 53.4 Å². The molecule has 1 amide bonds. The quantitative estimate of drug-likeness (QED) is 0.326. The van der Waals surface area contributed by atoms with E-state index in [2.05, 4.69) is 0 Å². The minimum Gasteiger partial charge on any atom is -0.497 e. The van der Waals surface area contributed by atoms with Crippen LogP contribution in [0.3, 0.4) is 0 Å². The Morgan fingerprint density at radius 3 is 2.30 bits per heavy atom. The van der Waals surface area contributed by atoms with E-state index in [1.54, 1.807) is 66.6 Å². The number of methoxy groups -OCH3 is 1. The van der Waals surface area contributed by atoms with Crippen LogP contribution in [-0.4, -0.2) is 34.8 Å². The Kier molecular flexibility index (Phi) is 5.93. The van der Waals surface area contributed by atoms with Crippen molar-refractivity contribution in [3.05, 3.63) is 64.6 Å². The molecule has 0 unspecified atom stereocenters. The normalized spacial score (nSPS) is 15.3. The molecule has 0 radical (unpaired) electrons. The van der Waals surface area contributed by atoms with Gasteiger partial charge in [-0.1, -0.05) is 36.1 Å². The molecule has 1 fully saturated rings. The largest absolute Gasteiger partial charge is 0.497 e. The van der Waals surface area contributed by atoms with Gasteiger partial charge >= 0.3 is 5.97 Å². The zero-order valence-electron chi connectivity index (χ0n) is 14.8. The molecule has 0 spiro atoms. The van der Waals surface area contributed by atoms with Crippen LogP contribution in [0.2, 0.25) is 0 Å². The molecule has 1 heterocycles. The van der Waals surface area contributed by atoms with E-state index in [9.17, 15) is 9.59 Å². The zero-order valence-corrected chi connectivity index (χ0v) is 16.4. The Balaban J connectivity index is 1.68. The Hall–Kier alpha value is -2.64. The maximum Gasteiger partial charge on any atom is 0.343 e. The van der Waals surface area contributed by atoms with Gasteiger partial charge in [0.2, 0.25) is 0 Å². The van der Waals surface area contributed by atoms with Crippen molar-refractivity contribution in [3.63, 3.8) is 0 Å². The van der Waals surface area contributed by atoms with E-state index in [0.29, 0.717) is 32.8 Å². The standard InChI is InChI=1S/C20H17NO4S2/c1-3-21-18(22)17(27-20(21)26)12-13-4-8-16(9-5-13)25-19(23)14-6-10-15(24-2)11-7-14/h4-12H,3H2,1-2H3/b17-12-. The predicted octanol–water partition coefficient (Wildman–Crippen LogP) is 4.14. The summed E-state index contributed by atoms with van der Waals surface area (Å²) in [5, 5.41) is 0. The maximum atomic E-state index is 12.2. The third-order valence-electron chi connectivity index (χ3n) is 3.90. The Morgan fingerprint density at radius 2 is 1.74 bits per heavy atom. The second-order valence-corrected chi connectivity index (χ2v) is 7.29. The molecule has 1 aliphatic heterocycles. The van der Waals surface area contributed by atoms with Gasteiger partial charge in [0, 0.05) is 6.54 Å². The number of thiocarbonyl (C=S) groups is 1. The molecule has 0 saturated carbocycles. The summed E-state index contributed by atoms with van der Waals surface area (Å²) in [6.45, 7) is 2.45. The topological polar surface area (TPSA) is 55.8 Å². The van der Waals surface area contributed by atoms with Gasteiger partial charge in [-0.15, -0.1) is 0 Å². The van der Waals surface area contributed by atoms with Gasteiger partial charge in [-0.05, 0) is 55.0 Å². The molecule has 0 bridgehead atoms. The van der Waals surface area contributed by atoms with Crippen molar-refractivity contribution >= 4 is 46.3 Å². The van der Waals surface area contributed by atoms with Gasteiger partial charge in [0.1, 0.15) is 15.8 Å². The van der Waals surface area contributed by atoms with Gasteiger partial charge in [-0.3, -0.25) is 9.69 Å². The van der Waals surface area contributed by atoms with Gasteiger partial charge < -0.3 is 9.47 Å². The van der Waals surface area contributed by atoms with Gasteiger partial charge in [0.15, 0.2) is 0 Å². The minimum atomic E-state index is -0.450. The third-order valence-corrected chi connectivity index (χ3v) is 5.28. The second-order valence-electron chi connectivity index (χ2n) is 5.61. The Labute approximate surface area is 167 Å². The van der Waals surface area contributed by atoms with E-state index in [1.807, 2.05) is 6.92 Å². The summed E-state index contributed by atoms with van der Waals surface area (Å²) < 4.78 is 11.0. The van der Waals surface area contributed by atoms with E-state index in [-0.39, 0.29) is 5.91 Å². The highest BCUT2D eigenvalue weighted by Gasteiger charge is 2.30. The summed E-state index contributed by atoms with van der Waals surface area (Å²) in [5.41, 5.74) is 1.26.